The molecule has 15 heavy (non-hydrogen) atoms. The Morgan fingerprint density at radius 3 is 2.73 bits per heavy atom. The molecular formula is C11H13ClN2O. The van der Waals surface area contributed by atoms with Gasteiger partial charge in [-0.1, -0.05) is 11.6 Å². The molecule has 0 N–H and O–H groups in total. The van der Waals surface area contributed by atoms with E-state index in [-0.39, 0.29) is 5.91 Å². The van der Waals surface area contributed by atoms with Crippen molar-refractivity contribution in [3.05, 3.63) is 28.5 Å². The Morgan fingerprint density at radius 2 is 2.07 bits per heavy atom. The van der Waals surface area contributed by atoms with Gasteiger partial charge in [0.15, 0.2) is 0 Å². The largest absolute Gasteiger partial charge is 0.337 e. The summed E-state index contributed by atoms with van der Waals surface area (Å²) >= 11 is 5.96. The summed E-state index contributed by atoms with van der Waals surface area (Å²) in [5, 5.41) is 0.442. The van der Waals surface area contributed by atoms with Crippen molar-refractivity contribution in [2.75, 3.05) is 13.1 Å². The second-order valence-electron chi connectivity index (χ2n) is 3.78. The first-order chi connectivity index (χ1) is 7.18. The van der Waals surface area contributed by atoms with Crippen molar-refractivity contribution < 1.29 is 4.79 Å². The Bertz CT molecular complexity index is 386. The van der Waals surface area contributed by atoms with Crippen molar-refractivity contribution in [3.8, 4) is 0 Å². The van der Waals surface area contributed by atoms with Gasteiger partial charge in [-0.25, -0.2) is 4.98 Å². The molecule has 0 spiro atoms. The molecule has 0 aromatic carbocycles. The Morgan fingerprint density at radius 1 is 1.40 bits per heavy atom. The highest BCUT2D eigenvalue weighted by Crippen LogP contribution is 2.18. The molecular weight excluding hydrogens is 212 g/mol. The van der Waals surface area contributed by atoms with Crippen LogP contribution in [0.2, 0.25) is 5.02 Å². The molecule has 80 valence electrons. The van der Waals surface area contributed by atoms with E-state index in [1.165, 1.54) is 0 Å². The molecule has 0 unspecified atom stereocenters. The number of carbonyl (C=O) groups excluding carboxylic acids is 1. The van der Waals surface area contributed by atoms with Crippen LogP contribution < -0.4 is 0 Å². The average Bonchev–Trinajstić information content (AvgIpc) is 2.74. The Kier molecular flexibility index (Phi) is 2.91. The summed E-state index contributed by atoms with van der Waals surface area (Å²) < 4.78 is 0. The second kappa shape index (κ2) is 4.19. The number of likely N-dealkylation sites (tertiary alicyclic amines) is 1. The number of rotatable bonds is 1. The summed E-state index contributed by atoms with van der Waals surface area (Å²) in [6.45, 7) is 3.51. The van der Waals surface area contributed by atoms with Crippen LogP contribution in [0.4, 0.5) is 0 Å². The van der Waals surface area contributed by atoms with E-state index in [4.69, 9.17) is 11.6 Å². The number of pyridine rings is 1. The van der Waals surface area contributed by atoms with Crippen LogP contribution in [0.1, 0.15) is 29.0 Å². The van der Waals surface area contributed by atoms with Crippen LogP contribution in [0.25, 0.3) is 0 Å². The van der Waals surface area contributed by atoms with Gasteiger partial charge in [-0.15, -0.1) is 0 Å². The lowest BCUT2D eigenvalue weighted by Gasteiger charge is -2.15. The van der Waals surface area contributed by atoms with Crippen LogP contribution in [0, 0.1) is 6.92 Å². The quantitative estimate of drug-likeness (QED) is 0.733. The molecule has 0 aliphatic carbocycles. The van der Waals surface area contributed by atoms with Crippen molar-refractivity contribution in [1.82, 2.24) is 9.88 Å². The molecule has 0 bridgehead atoms. The summed E-state index contributed by atoms with van der Waals surface area (Å²) in [6.07, 6.45) is 2.16. The Labute approximate surface area is 94.1 Å². The lowest BCUT2D eigenvalue weighted by Crippen LogP contribution is -2.28. The normalized spacial score (nSPS) is 15.7. The Hall–Kier alpha value is -1.09. The van der Waals surface area contributed by atoms with Crippen LogP contribution in [-0.2, 0) is 0 Å². The van der Waals surface area contributed by atoms with Crippen LogP contribution >= 0.6 is 11.6 Å². The van der Waals surface area contributed by atoms with Crippen molar-refractivity contribution in [2.45, 2.75) is 19.8 Å². The van der Waals surface area contributed by atoms with Gasteiger partial charge in [0.05, 0.1) is 5.02 Å². The lowest BCUT2D eigenvalue weighted by molar-refractivity contribution is 0.0787. The number of hydrogen-bond donors (Lipinski definition) is 0. The van der Waals surface area contributed by atoms with Crippen LogP contribution in [0.3, 0.4) is 0 Å². The molecule has 1 saturated heterocycles. The van der Waals surface area contributed by atoms with E-state index in [2.05, 4.69) is 4.98 Å². The fraction of sp³-hybridized carbons (Fsp3) is 0.455. The average molecular weight is 225 g/mol. The summed E-state index contributed by atoms with van der Waals surface area (Å²) in [5.74, 6) is -0.0406. The van der Waals surface area contributed by atoms with E-state index in [1.54, 1.807) is 6.07 Å². The SMILES string of the molecule is Cc1ccc(Cl)c(C(=O)N2CCCC2)n1. The topological polar surface area (TPSA) is 33.2 Å². The third-order valence-electron chi connectivity index (χ3n) is 2.58. The fourth-order valence-electron chi connectivity index (χ4n) is 1.76. The maximum Gasteiger partial charge on any atom is 0.274 e. The minimum Gasteiger partial charge on any atom is -0.337 e. The molecule has 1 amide bonds. The molecule has 1 fully saturated rings. The number of amides is 1. The smallest absolute Gasteiger partial charge is 0.274 e. The van der Waals surface area contributed by atoms with Gasteiger partial charge >= 0.3 is 0 Å². The summed E-state index contributed by atoms with van der Waals surface area (Å²) in [4.78, 5) is 18.0. The highest BCUT2D eigenvalue weighted by molar-refractivity contribution is 6.33. The molecule has 2 heterocycles. The van der Waals surface area contributed by atoms with E-state index in [9.17, 15) is 4.79 Å². The second-order valence-corrected chi connectivity index (χ2v) is 4.19. The van der Waals surface area contributed by atoms with Crippen LogP contribution in [0.5, 0.6) is 0 Å². The van der Waals surface area contributed by atoms with Gasteiger partial charge in [0.25, 0.3) is 5.91 Å². The van der Waals surface area contributed by atoms with Crippen molar-refractivity contribution in [1.29, 1.82) is 0 Å². The monoisotopic (exact) mass is 224 g/mol. The minimum absolute atomic E-state index is 0.0406. The first-order valence-electron chi connectivity index (χ1n) is 5.11. The number of aryl methyl sites for hydroxylation is 1. The molecule has 2 rings (SSSR count). The molecule has 1 aromatic rings. The fourth-order valence-corrected chi connectivity index (χ4v) is 1.95. The first-order valence-corrected chi connectivity index (χ1v) is 5.49. The van der Waals surface area contributed by atoms with E-state index in [1.807, 2.05) is 17.9 Å². The summed E-state index contributed by atoms with van der Waals surface area (Å²) in [5.41, 5.74) is 1.21. The number of aromatic nitrogens is 1. The third kappa shape index (κ3) is 2.12. The molecule has 3 nitrogen and oxygen atoms in total. The van der Waals surface area contributed by atoms with E-state index in [0.29, 0.717) is 10.7 Å². The molecule has 0 atom stereocenters. The number of nitrogens with zero attached hydrogens (tertiary/aromatic N) is 2. The molecule has 1 aromatic heterocycles. The zero-order chi connectivity index (χ0) is 10.8. The predicted molar refractivity (Wildman–Crippen MR) is 59.1 cm³/mol. The van der Waals surface area contributed by atoms with E-state index in [0.717, 1.165) is 31.6 Å². The minimum atomic E-state index is -0.0406. The van der Waals surface area contributed by atoms with Crippen LogP contribution in [0.15, 0.2) is 12.1 Å². The van der Waals surface area contributed by atoms with Gasteiger partial charge in [0.2, 0.25) is 0 Å². The highest BCUT2D eigenvalue weighted by atomic mass is 35.5. The lowest BCUT2D eigenvalue weighted by atomic mass is 10.3. The maximum atomic E-state index is 12.0. The van der Waals surface area contributed by atoms with Gasteiger partial charge in [-0.3, -0.25) is 4.79 Å². The van der Waals surface area contributed by atoms with Crippen molar-refractivity contribution in [3.63, 3.8) is 0 Å². The molecule has 4 heteroatoms. The van der Waals surface area contributed by atoms with Crippen molar-refractivity contribution in [2.24, 2.45) is 0 Å². The van der Waals surface area contributed by atoms with Gasteiger partial charge in [0.1, 0.15) is 5.69 Å². The highest BCUT2D eigenvalue weighted by Gasteiger charge is 2.22. The number of hydrogen-bond acceptors (Lipinski definition) is 2. The molecule has 1 aliphatic rings. The van der Waals surface area contributed by atoms with E-state index < -0.39 is 0 Å². The Balaban J connectivity index is 2.27. The maximum absolute atomic E-state index is 12.0. The molecule has 1 aliphatic heterocycles. The van der Waals surface area contributed by atoms with Crippen molar-refractivity contribution >= 4 is 17.5 Å². The van der Waals surface area contributed by atoms with Gasteiger partial charge in [-0.05, 0) is 31.9 Å². The third-order valence-corrected chi connectivity index (χ3v) is 2.89. The number of halogens is 1. The van der Waals surface area contributed by atoms with Gasteiger partial charge in [0, 0.05) is 18.8 Å². The summed E-state index contributed by atoms with van der Waals surface area (Å²) in [6, 6.07) is 3.54. The molecule has 0 radical (unpaired) electrons. The zero-order valence-electron chi connectivity index (χ0n) is 8.66. The van der Waals surface area contributed by atoms with E-state index >= 15 is 0 Å². The standard InChI is InChI=1S/C11H13ClN2O/c1-8-4-5-9(12)10(13-8)11(15)14-6-2-3-7-14/h4-5H,2-3,6-7H2,1H3. The summed E-state index contributed by atoms with van der Waals surface area (Å²) in [7, 11) is 0. The zero-order valence-corrected chi connectivity index (χ0v) is 9.42. The first kappa shape index (κ1) is 10.4. The van der Waals surface area contributed by atoms with Gasteiger partial charge in [-0.2, -0.15) is 0 Å². The van der Waals surface area contributed by atoms with Gasteiger partial charge < -0.3 is 4.90 Å². The molecule has 0 saturated carbocycles. The van der Waals surface area contributed by atoms with Crippen LogP contribution in [-0.4, -0.2) is 28.9 Å². The number of carbonyl (C=O) groups is 1. The predicted octanol–water partition coefficient (Wildman–Crippen LogP) is 2.28.